The molecular weight excluding hydrogens is 558 g/mol. The first-order valence-corrected chi connectivity index (χ1v) is 12.1. The second kappa shape index (κ2) is 10.8. The monoisotopic (exact) mass is 573 g/mol. The minimum Gasteiger partial charge on any atom is -0.487 e. The van der Waals surface area contributed by atoms with Gasteiger partial charge in [-0.1, -0.05) is 70.2 Å². The molecule has 0 saturated carbocycles. The number of nitrogens with zero attached hydrogens (tertiary/aromatic N) is 2. The summed E-state index contributed by atoms with van der Waals surface area (Å²) in [6, 6.07) is 21.1. The van der Waals surface area contributed by atoms with E-state index in [1.807, 2.05) is 66.7 Å². The fraction of sp³-hybridized carbons (Fsp3) is 0.0870. The second-order valence-electron chi connectivity index (χ2n) is 6.61. The molecule has 0 bridgehead atoms. The predicted molar refractivity (Wildman–Crippen MR) is 133 cm³/mol. The van der Waals surface area contributed by atoms with Crippen molar-refractivity contribution in [3.05, 3.63) is 86.8 Å². The molecule has 0 aliphatic rings. The van der Waals surface area contributed by atoms with E-state index >= 15 is 0 Å². The van der Waals surface area contributed by atoms with Crippen molar-refractivity contribution < 1.29 is 13.9 Å². The number of hydrazone groups is 1. The molecule has 0 saturated heterocycles. The summed E-state index contributed by atoms with van der Waals surface area (Å²) in [5, 5.41) is 4.53. The van der Waals surface area contributed by atoms with Crippen LogP contribution in [0.4, 0.5) is 0 Å². The Hall–Kier alpha value is -2.62. The van der Waals surface area contributed by atoms with Crippen LogP contribution in [0.3, 0.4) is 0 Å². The lowest BCUT2D eigenvalue weighted by atomic mass is 10.2. The number of carbonyl (C=O) groups excluding carboxylic acids is 1. The van der Waals surface area contributed by atoms with Gasteiger partial charge in [-0.05, 0) is 45.8 Å². The molecule has 0 atom stereocenters. The normalized spacial score (nSPS) is 11.2. The molecule has 6 nitrogen and oxygen atoms in total. The zero-order valence-electron chi connectivity index (χ0n) is 16.6. The van der Waals surface area contributed by atoms with Crippen LogP contribution in [0.25, 0.3) is 11.1 Å². The number of hydrogen-bond donors (Lipinski definition) is 1. The number of hydrogen-bond acceptors (Lipinski definition) is 6. The van der Waals surface area contributed by atoms with Crippen molar-refractivity contribution in [1.82, 2.24) is 10.4 Å². The van der Waals surface area contributed by atoms with Gasteiger partial charge in [0.05, 0.1) is 16.4 Å². The Labute approximate surface area is 205 Å². The number of benzene rings is 3. The van der Waals surface area contributed by atoms with E-state index < -0.39 is 0 Å². The quantitative estimate of drug-likeness (QED) is 0.155. The maximum atomic E-state index is 12.2. The predicted octanol–water partition coefficient (Wildman–Crippen LogP) is 6.17. The maximum absolute atomic E-state index is 12.2. The number of nitrogens with one attached hydrogen (secondary N) is 1. The van der Waals surface area contributed by atoms with Crippen molar-refractivity contribution in [1.29, 1.82) is 0 Å². The highest BCUT2D eigenvalue weighted by molar-refractivity contribution is 9.11. The standard InChI is InChI=1S/C23H17Br2N3O3S/c24-17-10-16(22(18(25)11-17)30-13-15-6-2-1-3-7-15)12-26-28-21(29)14-32-23-27-19-8-4-5-9-20(19)31-23/h1-12H,13-14H2,(H,28,29)/b26-12-. The summed E-state index contributed by atoms with van der Waals surface area (Å²) in [5.74, 6) is 0.495. The lowest BCUT2D eigenvalue weighted by Gasteiger charge is -2.12. The molecule has 0 aliphatic carbocycles. The molecule has 4 rings (SSSR count). The van der Waals surface area contributed by atoms with Crippen molar-refractivity contribution in [2.75, 3.05) is 5.75 Å². The zero-order chi connectivity index (χ0) is 22.3. The average molecular weight is 575 g/mol. The van der Waals surface area contributed by atoms with Crippen molar-refractivity contribution in [2.45, 2.75) is 11.8 Å². The number of fused-ring (bicyclic) bond motifs is 1. The molecule has 0 fully saturated rings. The number of carbonyl (C=O) groups is 1. The van der Waals surface area contributed by atoms with Gasteiger partial charge in [0.15, 0.2) is 5.58 Å². The summed E-state index contributed by atoms with van der Waals surface area (Å²) in [6.07, 6.45) is 1.55. The van der Waals surface area contributed by atoms with E-state index in [1.54, 1.807) is 6.21 Å². The first kappa shape index (κ1) is 22.6. The highest BCUT2D eigenvalue weighted by Gasteiger charge is 2.11. The lowest BCUT2D eigenvalue weighted by Crippen LogP contribution is -2.19. The number of amides is 1. The Morgan fingerprint density at radius 2 is 1.91 bits per heavy atom. The largest absolute Gasteiger partial charge is 0.487 e. The molecule has 3 aromatic carbocycles. The SMILES string of the molecule is O=C(CSc1nc2ccccc2o1)N/N=C\c1cc(Br)cc(Br)c1OCc1ccccc1. The first-order valence-electron chi connectivity index (χ1n) is 9.54. The van der Waals surface area contributed by atoms with Crippen LogP contribution in [0.2, 0.25) is 0 Å². The van der Waals surface area contributed by atoms with Crippen molar-refractivity contribution in [3.8, 4) is 5.75 Å². The van der Waals surface area contributed by atoms with Gasteiger partial charge in [0, 0.05) is 10.0 Å². The van der Waals surface area contributed by atoms with Crippen LogP contribution in [-0.4, -0.2) is 22.9 Å². The van der Waals surface area contributed by atoms with Crippen LogP contribution in [0, 0.1) is 0 Å². The van der Waals surface area contributed by atoms with E-state index in [-0.39, 0.29) is 11.7 Å². The average Bonchev–Trinajstić information content (AvgIpc) is 3.21. The molecule has 32 heavy (non-hydrogen) atoms. The van der Waals surface area contributed by atoms with Gasteiger partial charge >= 0.3 is 0 Å². The molecule has 0 unspecified atom stereocenters. The van der Waals surface area contributed by atoms with E-state index in [4.69, 9.17) is 9.15 Å². The van der Waals surface area contributed by atoms with Crippen LogP contribution in [0.15, 0.2) is 90.4 Å². The smallest absolute Gasteiger partial charge is 0.257 e. The van der Waals surface area contributed by atoms with Gasteiger partial charge < -0.3 is 9.15 Å². The van der Waals surface area contributed by atoms with Gasteiger partial charge in [-0.2, -0.15) is 5.10 Å². The summed E-state index contributed by atoms with van der Waals surface area (Å²) < 4.78 is 13.2. The van der Waals surface area contributed by atoms with E-state index in [2.05, 4.69) is 47.4 Å². The Morgan fingerprint density at radius 3 is 2.72 bits per heavy atom. The number of para-hydroxylation sites is 2. The number of aromatic nitrogens is 1. The fourth-order valence-electron chi connectivity index (χ4n) is 2.80. The van der Waals surface area contributed by atoms with Crippen molar-refractivity contribution in [3.63, 3.8) is 0 Å². The number of rotatable bonds is 8. The zero-order valence-corrected chi connectivity index (χ0v) is 20.6. The summed E-state index contributed by atoms with van der Waals surface area (Å²) in [4.78, 5) is 16.5. The van der Waals surface area contributed by atoms with E-state index in [9.17, 15) is 4.79 Å². The van der Waals surface area contributed by atoms with Gasteiger partial charge in [0.2, 0.25) is 0 Å². The van der Waals surface area contributed by atoms with Crippen LogP contribution in [-0.2, 0) is 11.4 Å². The Bertz CT molecular complexity index is 1230. The Morgan fingerprint density at radius 1 is 1.12 bits per heavy atom. The van der Waals surface area contributed by atoms with Crippen LogP contribution in [0.1, 0.15) is 11.1 Å². The maximum Gasteiger partial charge on any atom is 0.257 e. The van der Waals surface area contributed by atoms with Crippen molar-refractivity contribution in [2.24, 2.45) is 5.10 Å². The Balaban J connectivity index is 1.37. The van der Waals surface area contributed by atoms with Gasteiger partial charge in [-0.15, -0.1) is 0 Å². The summed E-state index contributed by atoms with van der Waals surface area (Å²) in [6.45, 7) is 0.412. The van der Waals surface area contributed by atoms with Crippen LogP contribution in [0.5, 0.6) is 5.75 Å². The third-order valence-electron chi connectivity index (χ3n) is 4.26. The molecule has 9 heteroatoms. The topological polar surface area (TPSA) is 76.7 Å². The molecule has 0 radical (unpaired) electrons. The molecule has 1 amide bonds. The molecule has 1 aromatic heterocycles. The van der Waals surface area contributed by atoms with Crippen LogP contribution < -0.4 is 10.2 Å². The van der Waals surface area contributed by atoms with Gasteiger partial charge in [0.1, 0.15) is 17.9 Å². The number of halogens is 2. The van der Waals surface area contributed by atoms with E-state index in [0.717, 1.165) is 20.0 Å². The van der Waals surface area contributed by atoms with Crippen LogP contribution >= 0.6 is 43.6 Å². The van der Waals surface area contributed by atoms with Gasteiger partial charge in [-0.25, -0.2) is 10.4 Å². The highest BCUT2D eigenvalue weighted by Crippen LogP contribution is 2.32. The molecule has 1 N–H and O–H groups in total. The molecule has 1 heterocycles. The summed E-state index contributed by atoms with van der Waals surface area (Å²) in [7, 11) is 0. The van der Waals surface area contributed by atoms with Crippen molar-refractivity contribution >= 4 is 66.8 Å². The lowest BCUT2D eigenvalue weighted by molar-refractivity contribution is -0.118. The third-order valence-corrected chi connectivity index (χ3v) is 6.13. The third kappa shape index (κ3) is 5.99. The minimum absolute atomic E-state index is 0.129. The summed E-state index contributed by atoms with van der Waals surface area (Å²) in [5.41, 5.74) is 5.75. The van der Waals surface area contributed by atoms with E-state index in [1.165, 1.54) is 11.8 Å². The second-order valence-corrected chi connectivity index (χ2v) is 9.31. The molecule has 0 aliphatic heterocycles. The minimum atomic E-state index is -0.269. The summed E-state index contributed by atoms with van der Waals surface area (Å²) >= 11 is 8.22. The van der Waals surface area contributed by atoms with Gasteiger partial charge in [0.25, 0.3) is 11.1 Å². The Kier molecular flexibility index (Phi) is 7.62. The van der Waals surface area contributed by atoms with Gasteiger partial charge in [-0.3, -0.25) is 4.79 Å². The molecular formula is C23H17Br2N3O3S. The molecule has 4 aromatic rings. The first-order chi connectivity index (χ1) is 15.6. The number of oxazole rings is 1. The van der Waals surface area contributed by atoms with E-state index in [0.29, 0.717) is 28.7 Å². The molecule has 162 valence electrons. The number of thioether (sulfide) groups is 1. The number of ether oxygens (including phenoxy) is 1. The highest BCUT2D eigenvalue weighted by atomic mass is 79.9. The fourth-order valence-corrected chi connectivity index (χ4v) is 4.81. The molecule has 0 spiro atoms.